The molecule has 1 aromatic carbocycles. The number of carbonyl (C=O) groups is 1. The summed E-state index contributed by atoms with van der Waals surface area (Å²) in [5, 5.41) is 2.77. The monoisotopic (exact) mass is 446 g/mol. The SMILES string of the molecule is Cc1cc(N(CC(=O)NCCCOC2CCCC2)S(C)(=O)=O)ccc1Br. The summed E-state index contributed by atoms with van der Waals surface area (Å²) in [6.07, 6.45) is 6.92. The van der Waals surface area contributed by atoms with Gasteiger partial charge in [0.25, 0.3) is 0 Å². The molecule has 0 aromatic heterocycles. The van der Waals surface area contributed by atoms with Crippen LogP contribution in [0.1, 0.15) is 37.7 Å². The van der Waals surface area contributed by atoms with Gasteiger partial charge in [-0.1, -0.05) is 28.8 Å². The molecule has 146 valence electrons. The number of benzene rings is 1. The second-order valence-electron chi connectivity index (χ2n) is 6.68. The summed E-state index contributed by atoms with van der Waals surface area (Å²) in [6.45, 7) is 2.73. The van der Waals surface area contributed by atoms with Crippen LogP contribution in [0.15, 0.2) is 22.7 Å². The van der Waals surface area contributed by atoms with Crippen molar-refractivity contribution in [2.45, 2.75) is 45.1 Å². The van der Waals surface area contributed by atoms with Crippen LogP contribution in [-0.2, 0) is 19.6 Å². The third kappa shape index (κ3) is 6.55. The first-order chi connectivity index (χ1) is 12.3. The molecule has 2 rings (SSSR count). The zero-order valence-corrected chi connectivity index (χ0v) is 17.7. The normalized spacial score (nSPS) is 15.2. The fraction of sp³-hybridized carbons (Fsp3) is 0.611. The molecule has 1 aliphatic carbocycles. The Balaban J connectivity index is 1.83. The highest BCUT2D eigenvalue weighted by atomic mass is 79.9. The molecule has 1 aliphatic rings. The van der Waals surface area contributed by atoms with Gasteiger partial charge in [-0.25, -0.2) is 8.42 Å². The highest BCUT2D eigenvalue weighted by Crippen LogP contribution is 2.24. The van der Waals surface area contributed by atoms with E-state index in [4.69, 9.17) is 4.74 Å². The molecule has 0 radical (unpaired) electrons. The Hall–Kier alpha value is -1.12. The molecule has 1 N–H and O–H groups in total. The Morgan fingerprint density at radius 1 is 1.35 bits per heavy atom. The molecule has 1 saturated carbocycles. The molecule has 6 nitrogen and oxygen atoms in total. The Morgan fingerprint density at radius 2 is 2.04 bits per heavy atom. The zero-order chi connectivity index (χ0) is 19.2. The number of ether oxygens (including phenoxy) is 1. The van der Waals surface area contributed by atoms with E-state index in [1.54, 1.807) is 18.2 Å². The van der Waals surface area contributed by atoms with Gasteiger partial charge in [0.15, 0.2) is 0 Å². The standard InChI is InChI=1S/C18H27BrN2O4S/c1-14-12-15(8-9-17(14)19)21(26(2,23)24)13-18(22)20-10-5-11-25-16-6-3-4-7-16/h8-9,12,16H,3-7,10-11,13H2,1-2H3,(H,20,22). The molecule has 0 spiro atoms. The Bertz CT molecular complexity index is 718. The lowest BCUT2D eigenvalue weighted by molar-refractivity contribution is -0.119. The Kier molecular flexibility index (Phi) is 7.91. The molecular weight excluding hydrogens is 420 g/mol. The number of halogens is 1. The third-order valence-electron chi connectivity index (χ3n) is 4.42. The van der Waals surface area contributed by atoms with Gasteiger partial charge in [-0.15, -0.1) is 0 Å². The van der Waals surface area contributed by atoms with E-state index < -0.39 is 10.0 Å². The van der Waals surface area contributed by atoms with E-state index in [-0.39, 0.29) is 12.5 Å². The molecule has 1 amide bonds. The molecule has 0 atom stereocenters. The van der Waals surface area contributed by atoms with Gasteiger partial charge in [-0.2, -0.15) is 0 Å². The van der Waals surface area contributed by atoms with Gasteiger partial charge in [0, 0.05) is 17.6 Å². The molecule has 8 heteroatoms. The molecule has 0 saturated heterocycles. The van der Waals surface area contributed by atoms with E-state index in [9.17, 15) is 13.2 Å². The number of amides is 1. The minimum absolute atomic E-state index is 0.233. The predicted octanol–water partition coefficient (Wildman–Crippen LogP) is 2.99. The van der Waals surface area contributed by atoms with Crippen molar-refractivity contribution in [1.82, 2.24) is 5.32 Å². The summed E-state index contributed by atoms with van der Waals surface area (Å²) >= 11 is 3.39. The molecule has 26 heavy (non-hydrogen) atoms. The maximum atomic E-state index is 12.2. The van der Waals surface area contributed by atoms with Crippen molar-refractivity contribution in [1.29, 1.82) is 0 Å². The maximum absolute atomic E-state index is 12.2. The van der Waals surface area contributed by atoms with Crippen molar-refractivity contribution in [2.75, 3.05) is 30.3 Å². The lowest BCUT2D eigenvalue weighted by atomic mass is 10.2. The lowest BCUT2D eigenvalue weighted by Gasteiger charge is -2.22. The number of aryl methyl sites for hydroxylation is 1. The number of anilines is 1. The molecule has 0 aliphatic heterocycles. The van der Waals surface area contributed by atoms with Gasteiger partial charge >= 0.3 is 0 Å². The van der Waals surface area contributed by atoms with Crippen LogP contribution in [0, 0.1) is 6.92 Å². The molecule has 0 unspecified atom stereocenters. The highest BCUT2D eigenvalue weighted by Gasteiger charge is 2.21. The summed E-state index contributed by atoms with van der Waals surface area (Å²) in [6, 6.07) is 5.20. The summed E-state index contributed by atoms with van der Waals surface area (Å²) in [7, 11) is -3.56. The van der Waals surface area contributed by atoms with Crippen molar-refractivity contribution < 1.29 is 17.9 Å². The van der Waals surface area contributed by atoms with Gasteiger partial charge in [-0.3, -0.25) is 9.10 Å². The van der Waals surface area contributed by atoms with E-state index in [0.717, 1.165) is 39.9 Å². The number of hydrogen-bond acceptors (Lipinski definition) is 4. The number of sulfonamides is 1. The topological polar surface area (TPSA) is 75.7 Å². The number of nitrogens with one attached hydrogen (secondary N) is 1. The van der Waals surface area contributed by atoms with Crippen LogP contribution in [-0.4, -0.2) is 46.4 Å². The van der Waals surface area contributed by atoms with Crippen molar-refractivity contribution in [3.05, 3.63) is 28.2 Å². The van der Waals surface area contributed by atoms with Crippen LogP contribution in [0.4, 0.5) is 5.69 Å². The van der Waals surface area contributed by atoms with E-state index in [1.807, 2.05) is 6.92 Å². The fourth-order valence-electron chi connectivity index (χ4n) is 2.98. The third-order valence-corrected chi connectivity index (χ3v) is 6.45. The number of carbonyl (C=O) groups excluding carboxylic acids is 1. The largest absolute Gasteiger partial charge is 0.378 e. The van der Waals surface area contributed by atoms with E-state index in [0.29, 0.717) is 24.9 Å². The first-order valence-corrected chi connectivity index (χ1v) is 11.5. The smallest absolute Gasteiger partial charge is 0.240 e. The quantitative estimate of drug-likeness (QED) is 0.591. The Morgan fingerprint density at radius 3 is 2.65 bits per heavy atom. The van der Waals surface area contributed by atoms with Gasteiger partial charge in [0.1, 0.15) is 6.54 Å². The first kappa shape index (κ1) is 21.2. The minimum Gasteiger partial charge on any atom is -0.378 e. The van der Waals surface area contributed by atoms with Crippen LogP contribution in [0.25, 0.3) is 0 Å². The van der Waals surface area contributed by atoms with Crippen LogP contribution in [0.2, 0.25) is 0 Å². The first-order valence-electron chi connectivity index (χ1n) is 8.89. The zero-order valence-electron chi connectivity index (χ0n) is 15.3. The van der Waals surface area contributed by atoms with Crippen LogP contribution >= 0.6 is 15.9 Å². The molecule has 1 aromatic rings. The van der Waals surface area contributed by atoms with Crippen molar-refractivity contribution >= 4 is 37.5 Å². The average Bonchev–Trinajstić information content (AvgIpc) is 3.07. The molecule has 0 bridgehead atoms. The second kappa shape index (κ2) is 9.71. The molecule has 1 fully saturated rings. The van der Waals surface area contributed by atoms with Crippen LogP contribution < -0.4 is 9.62 Å². The van der Waals surface area contributed by atoms with E-state index in [2.05, 4.69) is 21.2 Å². The van der Waals surface area contributed by atoms with E-state index >= 15 is 0 Å². The van der Waals surface area contributed by atoms with Crippen molar-refractivity contribution in [3.63, 3.8) is 0 Å². The number of rotatable bonds is 9. The van der Waals surface area contributed by atoms with Crippen LogP contribution in [0.3, 0.4) is 0 Å². The number of hydrogen-bond donors (Lipinski definition) is 1. The van der Waals surface area contributed by atoms with Crippen molar-refractivity contribution in [3.8, 4) is 0 Å². The lowest BCUT2D eigenvalue weighted by Crippen LogP contribution is -2.40. The van der Waals surface area contributed by atoms with Gasteiger partial charge in [-0.05, 0) is 49.9 Å². The van der Waals surface area contributed by atoms with Crippen LogP contribution in [0.5, 0.6) is 0 Å². The second-order valence-corrected chi connectivity index (χ2v) is 9.45. The summed E-state index contributed by atoms with van der Waals surface area (Å²) in [4.78, 5) is 12.2. The Labute approximate surface area is 164 Å². The maximum Gasteiger partial charge on any atom is 0.240 e. The average molecular weight is 447 g/mol. The fourth-order valence-corrected chi connectivity index (χ4v) is 4.07. The minimum atomic E-state index is -3.56. The number of nitrogens with zero attached hydrogens (tertiary/aromatic N) is 1. The van der Waals surface area contributed by atoms with Gasteiger partial charge in [0.2, 0.25) is 15.9 Å². The van der Waals surface area contributed by atoms with Gasteiger partial charge < -0.3 is 10.1 Å². The van der Waals surface area contributed by atoms with Gasteiger partial charge in [0.05, 0.1) is 18.0 Å². The summed E-state index contributed by atoms with van der Waals surface area (Å²) in [5.41, 5.74) is 1.38. The highest BCUT2D eigenvalue weighted by molar-refractivity contribution is 9.10. The molecular formula is C18H27BrN2O4S. The van der Waals surface area contributed by atoms with Crippen molar-refractivity contribution in [2.24, 2.45) is 0 Å². The summed E-state index contributed by atoms with van der Waals surface area (Å²) < 4.78 is 32.0. The predicted molar refractivity (Wildman–Crippen MR) is 107 cm³/mol. The summed E-state index contributed by atoms with van der Waals surface area (Å²) in [5.74, 6) is -0.322. The van der Waals surface area contributed by atoms with E-state index in [1.165, 1.54) is 12.8 Å². The molecule has 0 heterocycles.